The number of carbonyl (C=O) groups excluding carboxylic acids is 3. The molecule has 1 aliphatic heterocycles. The van der Waals surface area contributed by atoms with Crippen LogP contribution in [0.1, 0.15) is 35.9 Å². The molecule has 0 unspecified atom stereocenters. The molecule has 0 aromatic carbocycles. The maximum atomic E-state index is 12.8. The van der Waals surface area contributed by atoms with E-state index in [0.717, 1.165) is 6.20 Å². The van der Waals surface area contributed by atoms with Gasteiger partial charge >= 0.3 is 5.97 Å². The molecule has 3 rings (SSSR count). The molecule has 0 aliphatic carbocycles. The molecule has 3 heterocycles. The smallest absolute Gasteiger partial charge is 0.344 e. The lowest BCUT2D eigenvalue weighted by Crippen LogP contribution is -2.16. The molecule has 2 aromatic heterocycles. The summed E-state index contributed by atoms with van der Waals surface area (Å²) >= 11 is 5.15. The number of carbonyl (C=O) groups is 3. The number of rotatable bonds is 3. The number of nitrogens with zero attached hydrogens (tertiary/aromatic N) is 3. The van der Waals surface area contributed by atoms with E-state index in [1.807, 2.05) is 0 Å². The van der Waals surface area contributed by atoms with Crippen molar-refractivity contribution in [3.8, 4) is 11.4 Å². The van der Waals surface area contributed by atoms with Gasteiger partial charge in [-0.1, -0.05) is 5.16 Å². The lowest BCUT2D eigenvalue weighted by Gasteiger charge is -2.01. The molecular weight excluding hydrogens is 369 g/mol. The van der Waals surface area contributed by atoms with Crippen molar-refractivity contribution in [2.75, 3.05) is 6.61 Å². The van der Waals surface area contributed by atoms with Crippen molar-refractivity contribution in [3.05, 3.63) is 35.5 Å². The van der Waals surface area contributed by atoms with Crippen molar-refractivity contribution >= 4 is 29.6 Å². The third kappa shape index (κ3) is 4.42. The Bertz CT molecular complexity index is 806. The van der Waals surface area contributed by atoms with Crippen LogP contribution in [-0.2, 0) is 14.3 Å². The maximum absolute atomic E-state index is 12.8. The summed E-state index contributed by atoms with van der Waals surface area (Å²) in [5, 5.41) is 3.76. The minimum atomic E-state index is -0.530. The van der Waals surface area contributed by atoms with E-state index in [4.69, 9.17) is 21.0 Å². The Labute approximate surface area is 153 Å². The zero-order valence-electron chi connectivity index (χ0n) is 14.0. The van der Waals surface area contributed by atoms with Crippen LogP contribution in [0.3, 0.4) is 0 Å². The Morgan fingerprint density at radius 1 is 1.35 bits per heavy atom. The Morgan fingerprint density at radius 2 is 2.00 bits per heavy atom. The van der Waals surface area contributed by atoms with Gasteiger partial charge < -0.3 is 9.26 Å². The van der Waals surface area contributed by atoms with E-state index in [2.05, 4.69) is 10.1 Å². The van der Waals surface area contributed by atoms with E-state index in [-0.39, 0.29) is 42.5 Å². The van der Waals surface area contributed by atoms with Crippen molar-refractivity contribution < 1.29 is 28.0 Å². The molecule has 8 nitrogen and oxygen atoms in total. The Balaban J connectivity index is 0.000000254. The number of amides is 2. The highest BCUT2D eigenvalue weighted by Crippen LogP contribution is 2.24. The third-order valence-corrected chi connectivity index (χ3v) is 3.68. The Kier molecular flexibility index (Phi) is 6.40. The minimum absolute atomic E-state index is 0.218. The summed E-state index contributed by atoms with van der Waals surface area (Å²) in [6.07, 6.45) is 1.58. The average Bonchev–Trinajstić information content (AvgIpc) is 3.14. The zero-order valence-corrected chi connectivity index (χ0v) is 14.7. The SMILES string of the molecule is CCOC(=O)c1c(-c2ccc(F)cn2)noc1C.O=C1CCC(=O)N1Cl. The fraction of sp³-hybridized carbons (Fsp3) is 0.312. The number of ether oxygens (including phenoxy) is 1. The molecule has 10 heteroatoms. The van der Waals surface area contributed by atoms with E-state index < -0.39 is 11.8 Å². The van der Waals surface area contributed by atoms with E-state index >= 15 is 0 Å². The summed E-state index contributed by atoms with van der Waals surface area (Å²) in [5.41, 5.74) is 0.832. The molecule has 26 heavy (non-hydrogen) atoms. The molecule has 1 saturated heterocycles. The van der Waals surface area contributed by atoms with Gasteiger partial charge in [0.15, 0.2) is 0 Å². The number of pyridine rings is 1. The predicted octanol–water partition coefficient (Wildman–Crippen LogP) is 2.65. The van der Waals surface area contributed by atoms with E-state index in [0.29, 0.717) is 15.9 Å². The molecule has 2 aromatic rings. The second-order valence-electron chi connectivity index (χ2n) is 5.11. The molecule has 1 aliphatic rings. The van der Waals surface area contributed by atoms with Crippen LogP contribution in [0, 0.1) is 12.7 Å². The van der Waals surface area contributed by atoms with Crippen LogP contribution < -0.4 is 0 Å². The van der Waals surface area contributed by atoms with Gasteiger partial charge in [0.25, 0.3) is 0 Å². The molecule has 0 radical (unpaired) electrons. The quantitative estimate of drug-likeness (QED) is 0.456. The first kappa shape index (κ1) is 19.5. The van der Waals surface area contributed by atoms with Crippen molar-refractivity contribution in [1.29, 1.82) is 0 Å². The summed E-state index contributed by atoms with van der Waals surface area (Å²) in [4.78, 5) is 36.3. The molecular formula is C16H15ClFN3O5. The number of aromatic nitrogens is 2. The fourth-order valence-electron chi connectivity index (χ4n) is 2.06. The molecule has 0 bridgehead atoms. The van der Waals surface area contributed by atoms with Crippen molar-refractivity contribution in [2.24, 2.45) is 0 Å². The van der Waals surface area contributed by atoms with Gasteiger partial charge in [0.1, 0.15) is 22.8 Å². The zero-order chi connectivity index (χ0) is 19.3. The number of imide groups is 1. The summed E-state index contributed by atoms with van der Waals surface area (Å²) in [5.74, 6) is -1.24. The first-order valence-corrected chi connectivity index (χ1v) is 7.95. The van der Waals surface area contributed by atoms with Gasteiger partial charge in [0.05, 0.1) is 18.5 Å². The van der Waals surface area contributed by atoms with Gasteiger partial charge in [0, 0.05) is 24.6 Å². The number of hydrogen-bond acceptors (Lipinski definition) is 7. The van der Waals surface area contributed by atoms with Crippen LogP contribution in [-0.4, -0.2) is 39.0 Å². The summed E-state index contributed by atoms with van der Waals surface area (Å²) in [6, 6.07) is 2.66. The van der Waals surface area contributed by atoms with Gasteiger partial charge in [-0.15, -0.1) is 0 Å². The number of esters is 1. The summed E-state index contributed by atoms with van der Waals surface area (Å²) in [7, 11) is 0. The maximum Gasteiger partial charge on any atom is 0.344 e. The van der Waals surface area contributed by atoms with Gasteiger partial charge in [0.2, 0.25) is 11.8 Å². The second kappa shape index (κ2) is 8.52. The topological polar surface area (TPSA) is 103 Å². The van der Waals surface area contributed by atoms with Gasteiger partial charge in [-0.05, 0) is 26.0 Å². The number of hydrogen-bond donors (Lipinski definition) is 0. The van der Waals surface area contributed by atoms with E-state index in [9.17, 15) is 18.8 Å². The van der Waals surface area contributed by atoms with Gasteiger partial charge in [-0.25, -0.2) is 9.18 Å². The standard InChI is InChI=1S/C12H11FN2O3.C4H4ClNO2/c1-3-17-12(16)10-7(2)18-15-11(10)9-5-4-8(13)6-14-9;5-6-3(7)1-2-4(6)8/h4-6H,3H2,1-2H3;1-2H2. The van der Waals surface area contributed by atoms with Crippen molar-refractivity contribution in [2.45, 2.75) is 26.7 Å². The highest BCUT2D eigenvalue weighted by atomic mass is 35.5. The molecule has 138 valence electrons. The van der Waals surface area contributed by atoms with Crippen molar-refractivity contribution in [3.63, 3.8) is 0 Å². The van der Waals surface area contributed by atoms with Crippen LogP contribution in [0.5, 0.6) is 0 Å². The number of halogens is 2. The lowest BCUT2D eigenvalue weighted by molar-refractivity contribution is -0.132. The highest BCUT2D eigenvalue weighted by Gasteiger charge is 2.27. The Morgan fingerprint density at radius 3 is 2.46 bits per heavy atom. The highest BCUT2D eigenvalue weighted by molar-refractivity contribution is 6.32. The van der Waals surface area contributed by atoms with Crippen molar-refractivity contribution in [1.82, 2.24) is 14.6 Å². The van der Waals surface area contributed by atoms with Crippen LogP contribution in [0.15, 0.2) is 22.9 Å². The van der Waals surface area contributed by atoms with E-state index in [1.54, 1.807) is 13.8 Å². The summed E-state index contributed by atoms with van der Waals surface area (Å²) < 4.78 is 23.3. The van der Waals surface area contributed by atoms with Gasteiger partial charge in [-0.3, -0.25) is 14.6 Å². The third-order valence-electron chi connectivity index (χ3n) is 3.30. The second-order valence-corrected chi connectivity index (χ2v) is 5.45. The Hall–Kier alpha value is -2.81. The monoisotopic (exact) mass is 383 g/mol. The summed E-state index contributed by atoms with van der Waals surface area (Å²) in [6.45, 7) is 3.56. The van der Waals surface area contributed by atoms with E-state index in [1.165, 1.54) is 12.1 Å². The number of aryl methyl sites for hydroxylation is 1. The molecule has 2 amide bonds. The van der Waals surface area contributed by atoms with Gasteiger partial charge in [-0.2, -0.15) is 4.42 Å². The van der Waals surface area contributed by atoms with Crippen LogP contribution >= 0.6 is 11.8 Å². The molecule has 0 spiro atoms. The predicted molar refractivity (Wildman–Crippen MR) is 87.3 cm³/mol. The van der Waals surface area contributed by atoms with Crippen LogP contribution in [0.25, 0.3) is 11.4 Å². The average molecular weight is 384 g/mol. The first-order chi connectivity index (χ1) is 12.3. The fourth-order valence-corrected chi connectivity index (χ4v) is 2.22. The van der Waals surface area contributed by atoms with Crippen LogP contribution in [0.4, 0.5) is 4.39 Å². The lowest BCUT2D eigenvalue weighted by atomic mass is 10.1. The molecule has 0 N–H and O–H groups in total. The first-order valence-electron chi connectivity index (χ1n) is 7.62. The largest absolute Gasteiger partial charge is 0.462 e. The normalized spacial score (nSPS) is 13.5. The molecule has 1 fully saturated rings. The molecule has 0 atom stereocenters. The van der Waals surface area contributed by atoms with Crippen LogP contribution in [0.2, 0.25) is 0 Å². The molecule has 0 saturated carbocycles. The minimum Gasteiger partial charge on any atom is -0.462 e.